The standard InChI is InChI=1S/C19H19ClN4OS/c1-13(21-18(25)14-8-4-3-5-9-14)17-22-23-19(24(17)2)26-12-15-10-6-7-11-16(15)20/h3-11,13H,12H2,1-2H3,(H,21,25). The molecule has 3 rings (SSSR count). The number of carbonyl (C=O) groups is 1. The smallest absolute Gasteiger partial charge is 0.251 e. The van der Waals surface area contributed by atoms with Crippen LogP contribution in [0.25, 0.3) is 0 Å². The molecule has 0 aliphatic rings. The summed E-state index contributed by atoms with van der Waals surface area (Å²) >= 11 is 7.76. The van der Waals surface area contributed by atoms with Gasteiger partial charge in [0, 0.05) is 23.4 Å². The van der Waals surface area contributed by atoms with Gasteiger partial charge >= 0.3 is 0 Å². The number of aromatic nitrogens is 3. The molecule has 1 aromatic heterocycles. The summed E-state index contributed by atoms with van der Waals surface area (Å²) in [6, 6.07) is 16.6. The highest BCUT2D eigenvalue weighted by atomic mass is 35.5. The third-order valence-electron chi connectivity index (χ3n) is 3.95. The van der Waals surface area contributed by atoms with Crippen molar-refractivity contribution < 1.29 is 4.79 Å². The summed E-state index contributed by atoms with van der Waals surface area (Å²) in [6.07, 6.45) is 0. The third kappa shape index (κ3) is 4.26. The highest BCUT2D eigenvalue weighted by Crippen LogP contribution is 2.26. The molecule has 0 saturated carbocycles. The van der Waals surface area contributed by atoms with Crippen molar-refractivity contribution >= 4 is 29.3 Å². The summed E-state index contributed by atoms with van der Waals surface area (Å²) < 4.78 is 1.90. The fraction of sp³-hybridized carbons (Fsp3) is 0.211. The first-order valence-corrected chi connectivity index (χ1v) is 9.54. The molecule has 26 heavy (non-hydrogen) atoms. The van der Waals surface area contributed by atoms with Gasteiger partial charge in [-0.25, -0.2) is 0 Å². The molecular weight excluding hydrogens is 368 g/mol. The van der Waals surface area contributed by atoms with Crippen molar-refractivity contribution in [3.63, 3.8) is 0 Å². The highest BCUT2D eigenvalue weighted by Gasteiger charge is 2.18. The largest absolute Gasteiger partial charge is 0.342 e. The third-order valence-corrected chi connectivity index (χ3v) is 5.39. The fourth-order valence-electron chi connectivity index (χ4n) is 2.52. The number of halogens is 1. The number of thioether (sulfide) groups is 1. The Morgan fingerprint density at radius 3 is 2.58 bits per heavy atom. The number of benzene rings is 2. The maximum absolute atomic E-state index is 12.3. The molecule has 2 aromatic carbocycles. The number of hydrogen-bond donors (Lipinski definition) is 1. The SMILES string of the molecule is CC(NC(=O)c1ccccc1)c1nnc(SCc2ccccc2Cl)n1C. The van der Waals surface area contributed by atoms with Gasteiger partial charge in [0.1, 0.15) is 0 Å². The molecule has 134 valence electrons. The molecule has 0 bridgehead atoms. The molecule has 1 unspecified atom stereocenters. The minimum Gasteiger partial charge on any atom is -0.342 e. The van der Waals surface area contributed by atoms with Crippen molar-refractivity contribution in [1.82, 2.24) is 20.1 Å². The van der Waals surface area contributed by atoms with E-state index >= 15 is 0 Å². The Hall–Kier alpha value is -2.31. The van der Waals surface area contributed by atoms with Crippen LogP contribution in [0.5, 0.6) is 0 Å². The first-order chi connectivity index (χ1) is 12.6. The molecule has 5 nitrogen and oxygen atoms in total. The number of nitrogens with one attached hydrogen (secondary N) is 1. The summed E-state index contributed by atoms with van der Waals surface area (Å²) in [4.78, 5) is 12.3. The van der Waals surface area contributed by atoms with Gasteiger partial charge in [-0.15, -0.1) is 10.2 Å². The zero-order chi connectivity index (χ0) is 18.5. The molecule has 0 aliphatic heterocycles. The van der Waals surface area contributed by atoms with Crippen LogP contribution in [0.3, 0.4) is 0 Å². The fourth-order valence-corrected chi connectivity index (χ4v) is 3.72. The minimum absolute atomic E-state index is 0.133. The lowest BCUT2D eigenvalue weighted by Gasteiger charge is -2.13. The Morgan fingerprint density at radius 2 is 1.85 bits per heavy atom. The van der Waals surface area contributed by atoms with Crippen molar-refractivity contribution in [2.24, 2.45) is 7.05 Å². The second-order valence-electron chi connectivity index (χ2n) is 5.84. The van der Waals surface area contributed by atoms with E-state index in [9.17, 15) is 4.79 Å². The Kier molecular flexibility index (Phi) is 5.96. The number of carbonyl (C=O) groups excluding carboxylic acids is 1. The lowest BCUT2D eigenvalue weighted by Crippen LogP contribution is -2.28. The molecule has 0 fully saturated rings. The van der Waals surface area contributed by atoms with Gasteiger partial charge in [0.15, 0.2) is 11.0 Å². The topological polar surface area (TPSA) is 59.8 Å². The van der Waals surface area contributed by atoms with Gasteiger partial charge in [0.05, 0.1) is 6.04 Å². The summed E-state index contributed by atoms with van der Waals surface area (Å²) in [5, 5.41) is 13.0. The molecular formula is C19H19ClN4OS. The van der Waals surface area contributed by atoms with Crippen molar-refractivity contribution in [1.29, 1.82) is 0 Å². The molecule has 0 aliphatic carbocycles. The van der Waals surface area contributed by atoms with E-state index in [1.54, 1.807) is 23.9 Å². The second-order valence-corrected chi connectivity index (χ2v) is 7.19. The van der Waals surface area contributed by atoms with E-state index < -0.39 is 0 Å². The van der Waals surface area contributed by atoms with Crippen molar-refractivity contribution in [3.8, 4) is 0 Å². The van der Waals surface area contributed by atoms with Gasteiger partial charge in [0.25, 0.3) is 5.91 Å². The van der Waals surface area contributed by atoms with Crippen LogP contribution in [-0.2, 0) is 12.8 Å². The van der Waals surface area contributed by atoms with Crippen LogP contribution in [0, 0.1) is 0 Å². The molecule has 1 amide bonds. The monoisotopic (exact) mass is 386 g/mol. The Morgan fingerprint density at radius 1 is 1.15 bits per heavy atom. The normalized spacial score (nSPS) is 12.0. The van der Waals surface area contributed by atoms with E-state index in [4.69, 9.17) is 11.6 Å². The maximum atomic E-state index is 12.3. The summed E-state index contributed by atoms with van der Waals surface area (Å²) in [5.41, 5.74) is 1.67. The lowest BCUT2D eigenvalue weighted by atomic mass is 10.2. The van der Waals surface area contributed by atoms with Crippen molar-refractivity contribution in [2.45, 2.75) is 23.9 Å². The van der Waals surface area contributed by atoms with E-state index in [1.807, 2.05) is 61.0 Å². The quantitative estimate of drug-likeness (QED) is 0.643. The average molecular weight is 387 g/mol. The molecule has 0 saturated heterocycles. The van der Waals surface area contributed by atoms with Crippen LogP contribution >= 0.6 is 23.4 Å². The Balaban J connectivity index is 1.66. The molecule has 3 aromatic rings. The van der Waals surface area contributed by atoms with Gasteiger partial charge in [-0.05, 0) is 30.7 Å². The van der Waals surface area contributed by atoms with Gasteiger partial charge < -0.3 is 9.88 Å². The van der Waals surface area contributed by atoms with Crippen LogP contribution in [-0.4, -0.2) is 20.7 Å². The molecule has 1 heterocycles. The maximum Gasteiger partial charge on any atom is 0.251 e. The van der Waals surface area contributed by atoms with Crippen LogP contribution in [0.15, 0.2) is 59.8 Å². The summed E-state index contributed by atoms with van der Waals surface area (Å²) in [6.45, 7) is 1.90. The Labute approximate surface area is 161 Å². The zero-order valence-corrected chi connectivity index (χ0v) is 16.1. The average Bonchev–Trinajstić information content (AvgIpc) is 3.02. The lowest BCUT2D eigenvalue weighted by molar-refractivity contribution is 0.0937. The van der Waals surface area contributed by atoms with Crippen molar-refractivity contribution in [3.05, 3.63) is 76.6 Å². The van der Waals surface area contributed by atoms with Crippen LogP contribution in [0.4, 0.5) is 0 Å². The first-order valence-electron chi connectivity index (χ1n) is 8.17. The van der Waals surface area contributed by atoms with E-state index in [0.717, 1.165) is 15.7 Å². The summed E-state index contributed by atoms with van der Waals surface area (Å²) in [7, 11) is 1.90. The molecule has 0 spiro atoms. The van der Waals surface area contributed by atoms with E-state index in [1.165, 1.54) is 0 Å². The molecule has 0 radical (unpaired) electrons. The van der Waals surface area contributed by atoms with E-state index in [2.05, 4.69) is 15.5 Å². The minimum atomic E-state index is -0.255. The predicted octanol–water partition coefficient (Wildman–Crippen LogP) is 4.25. The molecule has 7 heteroatoms. The van der Waals surface area contributed by atoms with Crippen LogP contribution in [0.1, 0.15) is 34.7 Å². The van der Waals surface area contributed by atoms with Gasteiger partial charge in [-0.3, -0.25) is 4.79 Å². The van der Waals surface area contributed by atoms with E-state index in [-0.39, 0.29) is 11.9 Å². The van der Waals surface area contributed by atoms with Crippen LogP contribution < -0.4 is 5.32 Å². The number of rotatable bonds is 6. The van der Waals surface area contributed by atoms with Crippen LogP contribution in [0.2, 0.25) is 5.02 Å². The molecule has 1 N–H and O–H groups in total. The Bertz CT molecular complexity index is 898. The van der Waals surface area contributed by atoms with Gasteiger partial charge in [-0.2, -0.15) is 0 Å². The first kappa shape index (κ1) is 18.5. The number of hydrogen-bond acceptors (Lipinski definition) is 4. The predicted molar refractivity (Wildman–Crippen MR) is 104 cm³/mol. The zero-order valence-electron chi connectivity index (χ0n) is 14.5. The number of amides is 1. The second kappa shape index (κ2) is 8.38. The summed E-state index contributed by atoms with van der Waals surface area (Å²) in [5.74, 6) is 1.28. The highest BCUT2D eigenvalue weighted by molar-refractivity contribution is 7.98. The van der Waals surface area contributed by atoms with Gasteiger partial charge in [-0.1, -0.05) is 59.8 Å². The molecule has 1 atom stereocenters. The number of nitrogens with zero attached hydrogens (tertiary/aromatic N) is 3. The van der Waals surface area contributed by atoms with Crippen molar-refractivity contribution in [2.75, 3.05) is 0 Å². The van der Waals surface area contributed by atoms with E-state index in [0.29, 0.717) is 17.1 Å². The van der Waals surface area contributed by atoms with Gasteiger partial charge in [0.2, 0.25) is 0 Å².